The number of nitrogens with zero attached hydrogens (tertiary/aromatic N) is 3. The molecule has 3 rings (SSSR count). The van der Waals surface area contributed by atoms with E-state index in [1.54, 1.807) is 12.3 Å². The lowest BCUT2D eigenvalue weighted by molar-refractivity contribution is -0.125. The van der Waals surface area contributed by atoms with Gasteiger partial charge >= 0.3 is 0 Å². The number of amides is 1. The molecule has 5 nitrogen and oxygen atoms in total. The van der Waals surface area contributed by atoms with Gasteiger partial charge in [-0.05, 0) is 36.5 Å². The third-order valence-electron chi connectivity index (χ3n) is 5.02. The summed E-state index contributed by atoms with van der Waals surface area (Å²) in [6.45, 7) is 4.42. The highest BCUT2D eigenvalue weighted by molar-refractivity contribution is 5.79. The lowest BCUT2D eigenvalue weighted by Crippen LogP contribution is -2.41. The second-order valence-corrected chi connectivity index (χ2v) is 6.84. The molecule has 1 aliphatic heterocycles. The summed E-state index contributed by atoms with van der Waals surface area (Å²) in [4.78, 5) is 19.0. The monoisotopic (exact) mass is 348 g/mol. The maximum absolute atomic E-state index is 12.5. The number of nitrogens with one attached hydrogen (secondary N) is 1. The van der Waals surface area contributed by atoms with Gasteiger partial charge in [-0.25, -0.2) is 4.98 Å². The van der Waals surface area contributed by atoms with Crippen LogP contribution in [0.25, 0.3) is 0 Å². The van der Waals surface area contributed by atoms with E-state index in [4.69, 9.17) is 5.26 Å². The largest absolute Gasteiger partial charge is 0.357 e. The number of hydrogen-bond acceptors (Lipinski definition) is 4. The van der Waals surface area contributed by atoms with Crippen molar-refractivity contribution in [1.82, 2.24) is 10.3 Å². The Morgan fingerprint density at radius 2 is 2.00 bits per heavy atom. The van der Waals surface area contributed by atoms with Crippen molar-refractivity contribution in [3.05, 3.63) is 59.8 Å². The SMILES string of the molecule is C[C@H](CNC(=O)C1CCN(c2ccc(C#N)cn2)CC1)c1ccccc1. The summed E-state index contributed by atoms with van der Waals surface area (Å²) < 4.78 is 0. The zero-order chi connectivity index (χ0) is 18.4. The summed E-state index contributed by atoms with van der Waals surface area (Å²) in [5.74, 6) is 1.40. The van der Waals surface area contributed by atoms with Crippen LogP contribution in [0.4, 0.5) is 5.82 Å². The highest BCUT2D eigenvalue weighted by atomic mass is 16.1. The second kappa shape index (κ2) is 8.48. The number of anilines is 1. The molecule has 0 bridgehead atoms. The van der Waals surface area contributed by atoms with E-state index in [2.05, 4.69) is 40.3 Å². The van der Waals surface area contributed by atoms with Crippen LogP contribution < -0.4 is 10.2 Å². The van der Waals surface area contributed by atoms with Gasteiger partial charge in [0.1, 0.15) is 11.9 Å². The number of hydrogen-bond donors (Lipinski definition) is 1. The fourth-order valence-corrected chi connectivity index (χ4v) is 3.31. The van der Waals surface area contributed by atoms with Gasteiger partial charge in [-0.1, -0.05) is 37.3 Å². The summed E-state index contributed by atoms with van der Waals surface area (Å²) in [6, 6.07) is 16.0. The number of carbonyl (C=O) groups excluding carboxylic acids is 1. The zero-order valence-electron chi connectivity index (χ0n) is 15.1. The van der Waals surface area contributed by atoms with Gasteiger partial charge in [0.05, 0.1) is 5.56 Å². The standard InChI is InChI=1S/C21H24N4O/c1-16(18-5-3-2-4-6-18)14-24-21(26)19-9-11-25(12-10-19)20-8-7-17(13-22)15-23-20/h2-8,15-16,19H,9-12,14H2,1H3,(H,24,26)/t16-/m1/s1. The number of aromatic nitrogens is 1. The molecular weight excluding hydrogens is 324 g/mol. The molecular formula is C21H24N4O. The Bertz CT molecular complexity index is 759. The van der Waals surface area contributed by atoms with Crippen molar-refractivity contribution >= 4 is 11.7 Å². The van der Waals surface area contributed by atoms with Crippen LogP contribution in [0.5, 0.6) is 0 Å². The molecule has 1 aromatic heterocycles. The number of rotatable bonds is 5. The first-order valence-electron chi connectivity index (χ1n) is 9.11. The molecule has 1 saturated heterocycles. The Morgan fingerprint density at radius 3 is 2.62 bits per heavy atom. The van der Waals surface area contributed by atoms with Crippen molar-refractivity contribution in [3.8, 4) is 6.07 Å². The van der Waals surface area contributed by atoms with Crippen LogP contribution in [0.1, 0.15) is 36.8 Å². The van der Waals surface area contributed by atoms with E-state index in [1.165, 1.54) is 5.56 Å². The van der Waals surface area contributed by atoms with Gasteiger partial charge in [0.2, 0.25) is 5.91 Å². The van der Waals surface area contributed by atoms with Gasteiger partial charge < -0.3 is 10.2 Å². The molecule has 1 amide bonds. The van der Waals surface area contributed by atoms with E-state index in [-0.39, 0.29) is 11.8 Å². The number of nitriles is 1. The number of benzene rings is 1. The Hall–Kier alpha value is -2.87. The first kappa shape index (κ1) is 17.9. The maximum Gasteiger partial charge on any atom is 0.223 e. The van der Waals surface area contributed by atoms with Gasteiger partial charge in [-0.3, -0.25) is 4.79 Å². The minimum atomic E-state index is 0.0626. The molecule has 0 spiro atoms. The average Bonchev–Trinajstić information content (AvgIpc) is 2.72. The lowest BCUT2D eigenvalue weighted by Gasteiger charge is -2.32. The predicted octanol–water partition coefficient (Wildman–Crippen LogP) is 3.09. The molecule has 0 unspecified atom stereocenters. The number of pyridine rings is 1. The van der Waals surface area contributed by atoms with E-state index in [0.717, 1.165) is 31.7 Å². The smallest absolute Gasteiger partial charge is 0.223 e. The molecule has 1 aromatic carbocycles. The lowest BCUT2D eigenvalue weighted by atomic mass is 9.95. The van der Waals surface area contributed by atoms with Crippen molar-refractivity contribution in [2.45, 2.75) is 25.7 Å². The van der Waals surface area contributed by atoms with E-state index in [0.29, 0.717) is 18.0 Å². The molecule has 1 atom stereocenters. The molecule has 0 radical (unpaired) electrons. The van der Waals surface area contributed by atoms with Crippen LogP contribution >= 0.6 is 0 Å². The molecule has 134 valence electrons. The van der Waals surface area contributed by atoms with Crippen LogP contribution in [-0.2, 0) is 4.79 Å². The third kappa shape index (κ3) is 4.40. The molecule has 26 heavy (non-hydrogen) atoms. The van der Waals surface area contributed by atoms with E-state index >= 15 is 0 Å². The quantitative estimate of drug-likeness (QED) is 0.901. The van der Waals surface area contributed by atoms with Crippen LogP contribution in [0.2, 0.25) is 0 Å². The van der Waals surface area contributed by atoms with Crippen molar-refractivity contribution < 1.29 is 4.79 Å². The second-order valence-electron chi connectivity index (χ2n) is 6.84. The van der Waals surface area contributed by atoms with Crippen molar-refractivity contribution in [2.24, 2.45) is 5.92 Å². The minimum absolute atomic E-state index is 0.0626. The Kier molecular flexibility index (Phi) is 5.85. The van der Waals surface area contributed by atoms with Gasteiger partial charge in [0.25, 0.3) is 0 Å². The van der Waals surface area contributed by atoms with Crippen molar-refractivity contribution in [1.29, 1.82) is 5.26 Å². The number of piperidine rings is 1. The first-order chi connectivity index (χ1) is 12.7. The van der Waals surface area contributed by atoms with Gasteiger partial charge in [0.15, 0.2) is 0 Å². The van der Waals surface area contributed by atoms with Crippen LogP contribution in [0.3, 0.4) is 0 Å². The van der Waals surface area contributed by atoms with Crippen LogP contribution in [-0.4, -0.2) is 30.5 Å². The van der Waals surface area contributed by atoms with Gasteiger partial charge in [-0.15, -0.1) is 0 Å². The van der Waals surface area contributed by atoms with Crippen LogP contribution in [0, 0.1) is 17.2 Å². The highest BCUT2D eigenvalue weighted by Gasteiger charge is 2.25. The third-order valence-corrected chi connectivity index (χ3v) is 5.02. The van der Waals surface area contributed by atoms with Crippen molar-refractivity contribution in [2.75, 3.05) is 24.5 Å². The fourth-order valence-electron chi connectivity index (χ4n) is 3.31. The van der Waals surface area contributed by atoms with Crippen molar-refractivity contribution in [3.63, 3.8) is 0 Å². The van der Waals surface area contributed by atoms with E-state index in [1.807, 2.05) is 24.3 Å². The molecule has 2 heterocycles. The summed E-state index contributed by atoms with van der Waals surface area (Å²) in [5.41, 5.74) is 1.81. The Balaban J connectivity index is 1.46. The summed E-state index contributed by atoms with van der Waals surface area (Å²) in [7, 11) is 0. The molecule has 5 heteroatoms. The van der Waals surface area contributed by atoms with Crippen LogP contribution in [0.15, 0.2) is 48.7 Å². The molecule has 0 aliphatic carbocycles. The maximum atomic E-state index is 12.5. The molecule has 0 saturated carbocycles. The predicted molar refractivity (Wildman–Crippen MR) is 102 cm³/mol. The average molecular weight is 348 g/mol. The highest BCUT2D eigenvalue weighted by Crippen LogP contribution is 2.22. The Morgan fingerprint density at radius 1 is 1.27 bits per heavy atom. The minimum Gasteiger partial charge on any atom is -0.357 e. The van der Waals surface area contributed by atoms with E-state index < -0.39 is 0 Å². The fraction of sp³-hybridized carbons (Fsp3) is 0.381. The normalized spacial score (nSPS) is 15.9. The van der Waals surface area contributed by atoms with Gasteiger partial charge in [-0.2, -0.15) is 5.26 Å². The van der Waals surface area contributed by atoms with Gasteiger partial charge in [0, 0.05) is 31.7 Å². The zero-order valence-corrected chi connectivity index (χ0v) is 15.1. The molecule has 1 N–H and O–H groups in total. The molecule has 1 aliphatic rings. The Labute approximate surface area is 154 Å². The number of carbonyl (C=O) groups is 1. The molecule has 2 aromatic rings. The summed E-state index contributed by atoms with van der Waals surface area (Å²) in [6.07, 6.45) is 3.25. The van der Waals surface area contributed by atoms with E-state index in [9.17, 15) is 4.79 Å². The molecule has 1 fully saturated rings. The summed E-state index contributed by atoms with van der Waals surface area (Å²) >= 11 is 0. The first-order valence-corrected chi connectivity index (χ1v) is 9.11. The topological polar surface area (TPSA) is 69.0 Å². The summed E-state index contributed by atoms with van der Waals surface area (Å²) in [5, 5.41) is 12.0.